The summed E-state index contributed by atoms with van der Waals surface area (Å²) in [6.45, 7) is 6.43. The zero-order valence-corrected chi connectivity index (χ0v) is 10.5. The van der Waals surface area contributed by atoms with E-state index in [1.807, 2.05) is 0 Å². The average Bonchev–Trinajstić information content (AvgIpc) is 2.34. The van der Waals surface area contributed by atoms with Gasteiger partial charge in [-0.25, -0.2) is 4.79 Å². The second kappa shape index (κ2) is 7.79. The van der Waals surface area contributed by atoms with E-state index in [9.17, 15) is 4.79 Å². The van der Waals surface area contributed by atoms with Crippen LogP contribution in [0.25, 0.3) is 0 Å². The molecule has 0 aliphatic carbocycles. The van der Waals surface area contributed by atoms with Gasteiger partial charge in [-0.15, -0.1) is 0 Å². The summed E-state index contributed by atoms with van der Waals surface area (Å²) in [4.78, 5) is 15.4. The predicted molar refractivity (Wildman–Crippen MR) is 66.8 cm³/mol. The lowest BCUT2D eigenvalue weighted by atomic mass is 10.1. The molecule has 4 nitrogen and oxygen atoms in total. The number of nitrogens with zero attached hydrogens (tertiary/aromatic N) is 1. The summed E-state index contributed by atoms with van der Waals surface area (Å²) in [5.74, 6) is 0.403. The molecular formula is C13H20N2O2. The van der Waals surface area contributed by atoms with E-state index in [0.29, 0.717) is 24.6 Å². The first-order valence-corrected chi connectivity index (χ1v) is 5.98. The number of esters is 1. The number of carbonyl (C=O) groups excluding carboxylic acids is 1. The van der Waals surface area contributed by atoms with Gasteiger partial charge in [0.15, 0.2) is 0 Å². The molecule has 0 unspecified atom stereocenters. The largest absolute Gasteiger partial charge is 0.461 e. The highest BCUT2D eigenvalue weighted by molar-refractivity contribution is 5.89. The number of pyridine rings is 1. The highest BCUT2D eigenvalue weighted by Crippen LogP contribution is 1.99. The monoisotopic (exact) mass is 236 g/mol. The van der Waals surface area contributed by atoms with Crippen LogP contribution < -0.4 is 5.32 Å². The summed E-state index contributed by atoms with van der Waals surface area (Å²) in [5, 5.41) is 3.23. The summed E-state index contributed by atoms with van der Waals surface area (Å²) in [5.41, 5.74) is 0.544. The molecule has 0 radical (unpaired) electrons. The zero-order chi connectivity index (χ0) is 12.5. The number of hydrogen-bond donors (Lipinski definition) is 1. The minimum atomic E-state index is -0.293. The molecule has 17 heavy (non-hydrogen) atoms. The van der Waals surface area contributed by atoms with Crippen LogP contribution in [-0.2, 0) is 4.74 Å². The molecule has 0 saturated carbocycles. The fourth-order valence-corrected chi connectivity index (χ4v) is 1.30. The normalized spacial score (nSPS) is 10.5. The third kappa shape index (κ3) is 6.02. The number of nitrogens with one attached hydrogen (secondary N) is 1. The molecule has 1 heterocycles. The summed E-state index contributed by atoms with van der Waals surface area (Å²) in [7, 11) is 0. The average molecular weight is 236 g/mol. The van der Waals surface area contributed by atoms with Gasteiger partial charge in [-0.1, -0.05) is 13.8 Å². The Balaban J connectivity index is 2.09. The molecule has 1 aromatic rings. The van der Waals surface area contributed by atoms with E-state index in [1.54, 1.807) is 24.5 Å². The minimum absolute atomic E-state index is 0.293. The Morgan fingerprint density at radius 3 is 2.71 bits per heavy atom. The van der Waals surface area contributed by atoms with Crippen molar-refractivity contribution in [1.82, 2.24) is 10.3 Å². The maximum atomic E-state index is 11.5. The lowest BCUT2D eigenvalue weighted by molar-refractivity contribution is 0.0508. The van der Waals surface area contributed by atoms with E-state index >= 15 is 0 Å². The van der Waals surface area contributed by atoms with Crippen molar-refractivity contribution in [3.8, 4) is 0 Å². The van der Waals surface area contributed by atoms with Crippen molar-refractivity contribution in [1.29, 1.82) is 0 Å². The molecule has 0 aromatic carbocycles. The van der Waals surface area contributed by atoms with Gasteiger partial charge in [0.05, 0.1) is 5.56 Å². The molecular weight excluding hydrogens is 216 g/mol. The summed E-state index contributed by atoms with van der Waals surface area (Å²) < 4.78 is 5.11. The lowest BCUT2D eigenvalue weighted by Gasteiger charge is -2.07. The predicted octanol–water partition coefficient (Wildman–Crippen LogP) is 1.87. The van der Waals surface area contributed by atoms with Gasteiger partial charge in [-0.05, 0) is 31.0 Å². The number of ether oxygens (including phenoxy) is 1. The summed E-state index contributed by atoms with van der Waals surface area (Å²) in [6.07, 6.45) is 4.30. The van der Waals surface area contributed by atoms with E-state index in [-0.39, 0.29) is 5.97 Å². The highest BCUT2D eigenvalue weighted by atomic mass is 16.5. The third-order valence-corrected chi connectivity index (χ3v) is 2.33. The van der Waals surface area contributed by atoms with E-state index in [1.165, 1.54) is 0 Å². The van der Waals surface area contributed by atoms with Crippen LogP contribution in [0.3, 0.4) is 0 Å². The highest BCUT2D eigenvalue weighted by Gasteiger charge is 2.05. The first kappa shape index (κ1) is 13.6. The van der Waals surface area contributed by atoms with Gasteiger partial charge in [-0.3, -0.25) is 4.98 Å². The van der Waals surface area contributed by atoms with E-state index in [0.717, 1.165) is 13.0 Å². The Hall–Kier alpha value is -1.42. The van der Waals surface area contributed by atoms with Crippen molar-refractivity contribution in [2.24, 2.45) is 5.92 Å². The molecule has 1 N–H and O–H groups in total. The van der Waals surface area contributed by atoms with Gasteiger partial charge >= 0.3 is 5.97 Å². The van der Waals surface area contributed by atoms with Crippen LogP contribution in [0.5, 0.6) is 0 Å². The molecule has 0 saturated heterocycles. The molecule has 4 heteroatoms. The Morgan fingerprint density at radius 2 is 2.06 bits per heavy atom. The summed E-state index contributed by atoms with van der Waals surface area (Å²) in [6, 6.07) is 3.29. The zero-order valence-electron chi connectivity index (χ0n) is 10.5. The van der Waals surface area contributed by atoms with E-state index < -0.39 is 0 Å². The van der Waals surface area contributed by atoms with Gasteiger partial charge in [-0.2, -0.15) is 0 Å². The second-order valence-electron chi connectivity index (χ2n) is 4.30. The number of rotatable bonds is 7. The SMILES string of the molecule is CC(C)CCNCCOC(=O)c1ccncc1. The van der Waals surface area contributed by atoms with Crippen molar-refractivity contribution in [3.05, 3.63) is 30.1 Å². The van der Waals surface area contributed by atoms with Crippen molar-refractivity contribution in [3.63, 3.8) is 0 Å². The molecule has 0 fully saturated rings. The quantitative estimate of drug-likeness (QED) is 0.580. The molecule has 1 rings (SSSR count). The maximum Gasteiger partial charge on any atom is 0.338 e. The maximum absolute atomic E-state index is 11.5. The Labute approximate surface area is 102 Å². The second-order valence-corrected chi connectivity index (χ2v) is 4.30. The van der Waals surface area contributed by atoms with Crippen LogP contribution in [-0.4, -0.2) is 30.6 Å². The lowest BCUT2D eigenvalue weighted by Crippen LogP contribution is -2.23. The minimum Gasteiger partial charge on any atom is -0.461 e. The van der Waals surface area contributed by atoms with E-state index in [2.05, 4.69) is 24.1 Å². The van der Waals surface area contributed by atoms with Gasteiger partial charge in [0.25, 0.3) is 0 Å². The Bertz CT molecular complexity index is 325. The molecule has 0 amide bonds. The van der Waals surface area contributed by atoms with Crippen LogP contribution in [0.4, 0.5) is 0 Å². The molecule has 0 bridgehead atoms. The van der Waals surface area contributed by atoms with Crippen LogP contribution in [0.1, 0.15) is 30.6 Å². The number of carbonyl (C=O) groups is 1. The number of aromatic nitrogens is 1. The van der Waals surface area contributed by atoms with E-state index in [4.69, 9.17) is 4.74 Å². The molecule has 0 spiro atoms. The molecule has 0 aliphatic rings. The van der Waals surface area contributed by atoms with Crippen molar-refractivity contribution in [2.75, 3.05) is 19.7 Å². The Morgan fingerprint density at radius 1 is 1.35 bits per heavy atom. The topological polar surface area (TPSA) is 51.2 Å². The molecule has 1 aromatic heterocycles. The van der Waals surface area contributed by atoms with Gasteiger partial charge in [0.1, 0.15) is 6.61 Å². The molecule has 0 aliphatic heterocycles. The van der Waals surface area contributed by atoms with Crippen molar-refractivity contribution in [2.45, 2.75) is 20.3 Å². The standard InChI is InChI=1S/C13H20N2O2/c1-11(2)3-6-15-9-10-17-13(16)12-4-7-14-8-5-12/h4-5,7-8,11,15H,3,6,9-10H2,1-2H3. The Kier molecular flexibility index (Phi) is 6.25. The van der Waals surface area contributed by atoms with Gasteiger partial charge < -0.3 is 10.1 Å². The van der Waals surface area contributed by atoms with Crippen LogP contribution in [0, 0.1) is 5.92 Å². The number of hydrogen-bond acceptors (Lipinski definition) is 4. The van der Waals surface area contributed by atoms with Crippen LogP contribution >= 0.6 is 0 Å². The first-order valence-electron chi connectivity index (χ1n) is 5.98. The van der Waals surface area contributed by atoms with Gasteiger partial charge in [0, 0.05) is 18.9 Å². The summed E-state index contributed by atoms with van der Waals surface area (Å²) >= 11 is 0. The van der Waals surface area contributed by atoms with Crippen LogP contribution in [0.15, 0.2) is 24.5 Å². The fraction of sp³-hybridized carbons (Fsp3) is 0.538. The van der Waals surface area contributed by atoms with Crippen molar-refractivity contribution < 1.29 is 9.53 Å². The van der Waals surface area contributed by atoms with Crippen molar-refractivity contribution >= 4 is 5.97 Å². The molecule has 0 atom stereocenters. The molecule has 94 valence electrons. The van der Waals surface area contributed by atoms with Gasteiger partial charge in [0.2, 0.25) is 0 Å². The van der Waals surface area contributed by atoms with Crippen LogP contribution in [0.2, 0.25) is 0 Å². The first-order chi connectivity index (χ1) is 8.20. The smallest absolute Gasteiger partial charge is 0.338 e. The third-order valence-electron chi connectivity index (χ3n) is 2.33. The fourth-order valence-electron chi connectivity index (χ4n) is 1.30.